The van der Waals surface area contributed by atoms with Crippen molar-refractivity contribution in [2.75, 3.05) is 0 Å². The fraction of sp³-hybridized carbons (Fsp3) is 0.444. The monoisotopic (exact) mass is 342 g/mol. The Balaban J connectivity index is 0.00000264. The quantitative estimate of drug-likeness (QED) is 0.609. The predicted octanol–water partition coefficient (Wildman–Crippen LogP) is 1.34. The van der Waals surface area contributed by atoms with E-state index in [-0.39, 0.29) is 34.5 Å². The Kier molecular flexibility index (Phi) is 7.30. The van der Waals surface area contributed by atoms with Crippen LogP contribution >= 0.6 is 0 Å². The molecule has 0 spiro atoms. The van der Waals surface area contributed by atoms with Crippen molar-refractivity contribution in [2.45, 2.75) is 57.8 Å². The first-order valence-electron chi connectivity index (χ1n) is 7.83. The van der Waals surface area contributed by atoms with Gasteiger partial charge in [-0.1, -0.05) is 52.3 Å². The molecule has 0 saturated heterocycles. The minimum Gasteiger partial charge on any atom is -0.744 e. The average molecular weight is 342 g/mol. The van der Waals surface area contributed by atoms with Crippen LogP contribution in [0.2, 0.25) is 0 Å². The second-order valence-corrected chi connectivity index (χ2v) is 7.39. The van der Waals surface area contributed by atoms with Crippen molar-refractivity contribution in [3.63, 3.8) is 0 Å². The molecular formula is C18H23NaO3S. The van der Waals surface area contributed by atoms with Gasteiger partial charge in [0.1, 0.15) is 10.1 Å². The Morgan fingerprint density at radius 3 is 2.22 bits per heavy atom. The van der Waals surface area contributed by atoms with Gasteiger partial charge in [-0.05, 0) is 52.6 Å². The van der Waals surface area contributed by atoms with E-state index in [9.17, 15) is 13.0 Å². The molecule has 0 bridgehead atoms. The molecule has 2 aliphatic rings. The molecule has 120 valence electrons. The van der Waals surface area contributed by atoms with Gasteiger partial charge in [0.2, 0.25) is 0 Å². The summed E-state index contributed by atoms with van der Waals surface area (Å²) in [6, 6.07) is 7.46. The van der Waals surface area contributed by atoms with Crippen molar-refractivity contribution in [3.05, 3.63) is 41.0 Å². The zero-order valence-corrected chi connectivity index (χ0v) is 17.5. The van der Waals surface area contributed by atoms with E-state index in [4.69, 9.17) is 0 Å². The topological polar surface area (TPSA) is 57.2 Å². The largest absolute Gasteiger partial charge is 1.00 e. The summed E-state index contributed by atoms with van der Waals surface area (Å²) in [5.74, 6) is 0.351. The minimum atomic E-state index is -4.46. The molecule has 0 heterocycles. The van der Waals surface area contributed by atoms with E-state index in [0.29, 0.717) is 17.9 Å². The molecule has 0 fully saturated rings. The molecule has 0 aliphatic heterocycles. The predicted molar refractivity (Wildman–Crippen MR) is 88.5 cm³/mol. The number of hydrogen-bond donors (Lipinski definition) is 0. The van der Waals surface area contributed by atoms with Gasteiger partial charge < -0.3 is 4.55 Å². The van der Waals surface area contributed by atoms with Gasteiger partial charge in [-0.3, -0.25) is 0 Å². The molecule has 0 unspecified atom stereocenters. The molecule has 0 radical (unpaired) electrons. The Bertz CT molecular complexity index is 751. The normalized spacial score (nSPS) is 11.7. The summed E-state index contributed by atoms with van der Waals surface area (Å²) >= 11 is 0. The van der Waals surface area contributed by atoms with Crippen molar-refractivity contribution >= 4 is 10.1 Å². The fourth-order valence-electron chi connectivity index (χ4n) is 2.96. The fourth-order valence-corrected chi connectivity index (χ4v) is 3.69. The smallest absolute Gasteiger partial charge is 0.744 e. The van der Waals surface area contributed by atoms with Gasteiger partial charge in [0.15, 0.2) is 0 Å². The third-order valence-electron chi connectivity index (χ3n) is 4.10. The molecule has 0 saturated carbocycles. The molecule has 5 heteroatoms. The van der Waals surface area contributed by atoms with Gasteiger partial charge in [-0.2, -0.15) is 0 Å². The van der Waals surface area contributed by atoms with Crippen LogP contribution in [0.4, 0.5) is 0 Å². The zero-order valence-electron chi connectivity index (χ0n) is 14.6. The maximum absolute atomic E-state index is 11.6. The van der Waals surface area contributed by atoms with Crippen molar-refractivity contribution in [1.82, 2.24) is 0 Å². The van der Waals surface area contributed by atoms with Crippen LogP contribution in [0.25, 0.3) is 11.1 Å². The maximum atomic E-state index is 11.6. The standard InChI is InChI=1S/C18H24O3S.Na/c1-5-7-15-10-14(12(3)4)8-9-16-17(22(19,20)21)11-13(6-2)18(15)16;/h8-12H,5-7H2,1-4H3,(H,19,20,21);/q;+1/p-1. The number of rotatable bonds is 5. The van der Waals surface area contributed by atoms with Crippen LogP contribution in [0.1, 0.15) is 56.7 Å². The number of aryl methyl sites for hydroxylation is 2. The van der Waals surface area contributed by atoms with Crippen molar-refractivity contribution in [1.29, 1.82) is 0 Å². The molecule has 2 aliphatic carbocycles. The summed E-state index contributed by atoms with van der Waals surface area (Å²) in [4.78, 5) is -0.0809. The van der Waals surface area contributed by atoms with E-state index >= 15 is 0 Å². The Morgan fingerprint density at radius 2 is 1.74 bits per heavy atom. The summed E-state index contributed by atoms with van der Waals surface area (Å²) in [7, 11) is -4.46. The van der Waals surface area contributed by atoms with E-state index in [1.807, 2.05) is 13.0 Å². The number of hydrogen-bond acceptors (Lipinski definition) is 3. The van der Waals surface area contributed by atoms with E-state index in [1.165, 1.54) is 0 Å². The average Bonchev–Trinajstić information content (AvgIpc) is 2.70. The van der Waals surface area contributed by atoms with Crippen molar-refractivity contribution in [3.8, 4) is 11.1 Å². The Hall–Kier alpha value is -0.390. The van der Waals surface area contributed by atoms with Crippen LogP contribution in [0.3, 0.4) is 0 Å². The van der Waals surface area contributed by atoms with E-state index < -0.39 is 10.1 Å². The van der Waals surface area contributed by atoms with Gasteiger partial charge in [0.05, 0.1) is 4.90 Å². The molecule has 23 heavy (non-hydrogen) atoms. The third-order valence-corrected chi connectivity index (χ3v) is 4.98. The van der Waals surface area contributed by atoms with Gasteiger partial charge in [0.25, 0.3) is 0 Å². The first kappa shape index (κ1) is 20.7. The third kappa shape index (κ3) is 4.37. The first-order chi connectivity index (χ1) is 10.3. The van der Waals surface area contributed by atoms with Crippen LogP contribution in [0.15, 0.2) is 29.2 Å². The van der Waals surface area contributed by atoms with Gasteiger partial charge in [0, 0.05) is 0 Å². The molecule has 0 N–H and O–H groups in total. The van der Waals surface area contributed by atoms with E-state index in [0.717, 1.165) is 35.1 Å². The maximum Gasteiger partial charge on any atom is 1.00 e. The van der Waals surface area contributed by atoms with Crippen molar-refractivity contribution in [2.24, 2.45) is 0 Å². The second-order valence-electron chi connectivity index (χ2n) is 6.04. The molecule has 3 nitrogen and oxygen atoms in total. The van der Waals surface area contributed by atoms with E-state index in [1.54, 1.807) is 12.1 Å². The van der Waals surface area contributed by atoms with Gasteiger partial charge >= 0.3 is 29.6 Å². The molecule has 2 rings (SSSR count). The molecule has 0 amide bonds. The van der Waals surface area contributed by atoms with Gasteiger partial charge in [-0.25, -0.2) is 8.42 Å². The summed E-state index contributed by atoms with van der Waals surface area (Å²) in [5.41, 5.74) is 4.76. The van der Waals surface area contributed by atoms with Crippen LogP contribution < -0.4 is 29.6 Å². The molecule has 0 atom stereocenters. The summed E-state index contributed by atoms with van der Waals surface area (Å²) in [6.45, 7) is 8.32. The summed E-state index contributed by atoms with van der Waals surface area (Å²) in [5, 5.41) is 0. The van der Waals surface area contributed by atoms with E-state index in [2.05, 4.69) is 26.8 Å². The number of fused-ring (bicyclic) bond motifs is 1. The Morgan fingerprint density at radius 1 is 1.09 bits per heavy atom. The molecule has 0 aromatic carbocycles. The van der Waals surface area contributed by atoms with Crippen molar-refractivity contribution < 1.29 is 42.5 Å². The van der Waals surface area contributed by atoms with Crippen LogP contribution in [0.5, 0.6) is 0 Å². The van der Waals surface area contributed by atoms with Gasteiger partial charge in [-0.15, -0.1) is 0 Å². The SMILES string of the molecule is CCCc1cc(C(C)C)ccc2c(S(=O)(=O)[O-])cc(CC)c1-2.[Na+]. The van der Waals surface area contributed by atoms with Crippen LogP contribution in [-0.2, 0) is 23.0 Å². The second kappa shape index (κ2) is 8.13. The van der Waals surface area contributed by atoms with Crippen LogP contribution in [0, 0.1) is 0 Å². The minimum absolute atomic E-state index is 0. The summed E-state index contributed by atoms with van der Waals surface area (Å²) < 4.78 is 34.8. The molecule has 0 aromatic heterocycles. The molecular weight excluding hydrogens is 319 g/mol. The summed E-state index contributed by atoms with van der Waals surface area (Å²) in [6.07, 6.45) is 2.56. The Labute approximate surface area is 161 Å². The molecule has 0 aromatic rings. The first-order valence-corrected chi connectivity index (χ1v) is 9.24. The zero-order chi connectivity index (χ0) is 16.5. The van der Waals surface area contributed by atoms with Crippen LogP contribution in [-0.4, -0.2) is 13.0 Å².